The Morgan fingerprint density at radius 1 is 1.38 bits per heavy atom. The molecule has 0 spiro atoms. The molecule has 6 nitrogen and oxygen atoms in total. The van der Waals surface area contributed by atoms with E-state index in [1.807, 2.05) is 11.8 Å². The van der Waals surface area contributed by atoms with Crippen LogP contribution in [-0.4, -0.2) is 44.2 Å². The zero-order valence-corrected chi connectivity index (χ0v) is 16.2. The van der Waals surface area contributed by atoms with Crippen LogP contribution < -0.4 is 4.90 Å². The number of anilines is 1. The van der Waals surface area contributed by atoms with E-state index in [4.69, 9.17) is 27.9 Å². The van der Waals surface area contributed by atoms with Crippen LogP contribution in [0, 0.1) is 5.82 Å². The van der Waals surface area contributed by atoms with Gasteiger partial charge >= 0.3 is 0 Å². The van der Waals surface area contributed by atoms with Crippen molar-refractivity contribution in [1.29, 1.82) is 0 Å². The van der Waals surface area contributed by atoms with Crippen LogP contribution in [0.15, 0.2) is 29.3 Å². The van der Waals surface area contributed by atoms with Gasteiger partial charge in [0.05, 0.1) is 34.9 Å². The van der Waals surface area contributed by atoms with Gasteiger partial charge in [-0.3, -0.25) is 0 Å². The molecule has 0 amide bonds. The summed E-state index contributed by atoms with van der Waals surface area (Å²) in [5.41, 5.74) is 0.406. The Hall–Kier alpha value is -1.48. The molecule has 1 aromatic carbocycles. The number of halogens is 3. The molecule has 1 aliphatic rings. The third-order valence-corrected chi connectivity index (χ3v) is 6.18. The van der Waals surface area contributed by atoms with E-state index in [1.165, 1.54) is 12.3 Å². The lowest BCUT2D eigenvalue weighted by Crippen LogP contribution is -2.44. The van der Waals surface area contributed by atoms with Gasteiger partial charge in [-0.25, -0.2) is 22.8 Å². The maximum absolute atomic E-state index is 13.3. The van der Waals surface area contributed by atoms with E-state index in [-0.39, 0.29) is 27.0 Å². The number of morpholine rings is 1. The Kier molecular flexibility index (Phi) is 5.67. The second kappa shape index (κ2) is 7.64. The first-order valence-electron chi connectivity index (χ1n) is 7.81. The Morgan fingerprint density at radius 3 is 2.85 bits per heavy atom. The van der Waals surface area contributed by atoms with Crippen LogP contribution in [0.5, 0.6) is 0 Å². The molecule has 10 heteroatoms. The van der Waals surface area contributed by atoms with Crippen molar-refractivity contribution in [3.63, 3.8) is 0 Å². The smallest absolute Gasteiger partial charge is 0.224 e. The summed E-state index contributed by atoms with van der Waals surface area (Å²) in [6.07, 6.45) is 1.40. The fourth-order valence-corrected chi connectivity index (χ4v) is 4.45. The molecule has 2 heterocycles. The number of aromatic nitrogens is 2. The highest BCUT2D eigenvalue weighted by molar-refractivity contribution is 7.90. The van der Waals surface area contributed by atoms with E-state index in [2.05, 4.69) is 9.97 Å². The molecule has 0 radical (unpaired) electrons. The predicted octanol–water partition coefficient (Wildman–Crippen LogP) is 3.12. The molecular weight excluding hydrogens is 404 g/mol. The molecule has 1 aliphatic heterocycles. The first kappa shape index (κ1) is 19.3. The van der Waals surface area contributed by atoms with Crippen LogP contribution in [-0.2, 0) is 20.3 Å². The topological polar surface area (TPSA) is 72.4 Å². The second-order valence-corrected chi connectivity index (χ2v) is 8.68. The SMILES string of the molecule is C[C@H]1COCCN1c1nc(Cl)ncc1CS(=O)(=O)c1ccc(F)c(Cl)c1. The van der Waals surface area contributed by atoms with Gasteiger partial charge in [0.25, 0.3) is 0 Å². The van der Waals surface area contributed by atoms with Crippen LogP contribution in [0.3, 0.4) is 0 Å². The third kappa shape index (κ3) is 4.09. The van der Waals surface area contributed by atoms with Gasteiger partial charge in [0, 0.05) is 18.3 Å². The van der Waals surface area contributed by atoms with Crippen molar-refractivity contribution in [2.24, 2.45) is 0 Å². The Balaban J connectivity index is 1.97. The van der Waals surface area contributed by atoms with Gasteiger partial charge in [-0.15, -0.1) is 0 Å². The first-order chi connectivity index (χ1) is 12.3. The summed E-state index contributed by atoms with van der Waals surface area (Å²) in [6.45, 7) is 3.52. The maximum atomic E-state index is 13.3. The summed E-state index contributed by atoms with van der Waals surface area (Å²) < 4.78 is 44.2. The van der Waals surface area contributed by atoms with E-state index in [0.717, 1.165) is 12.1 Å². The van der Waals surface area contributed by atoms with Crippen molar-refractivity contribution < 1.29 is 17.5 Å². The monoisotopic (exact) mass is 419 g/mol. The average Bonchev–Trinajstić information content (AvgIpc) is 2.59. The quantitative estimate of drug-likeness (QED) is 0.559. The van der Waals surface area contributed by atoms with Crippen LogP contribution in [0.1, 0.15) is 12.5 Å². The standard InChI is InChI=1S/C16H16Cl2FN3O3S/c1-10-8-25-5-4-22(10)15-11(7-20-16(18)21-15)9-26(23,24)12-2-3-14(19)13(17)6-12/h2-3,6-7,10H,4-5,8-9H2,1H3/t10-/m0/s1. The molecule has 1 aromatic heterocycles. The van der Waals surface area contributed by atoms with E-state index in [9.17, 15) is 12.8 Å². The largest absolute Gasteiger partial charge is 0.377 e. The fourth-order valence-electron chi connectivity index (χ4n) is 2.73. The van der Waals surface area contributed by atoms with Crippen LogP contribution in [0.2, 0.25) is 10.3 Å². The molecule has 1 fully saturated rings. The zero-order chi connectivity index (χ0) is 18.9. The van der Waals surface area contributed by atoms with Crippen LogP contribution in [0.25, 0.3) is 0 Å². The number of benzene rings is 1. The van der Waals surface area contributed by atoms with E-state index in [1.54, 1.807) is 0 Å². The Bertz CT molecular complexity index is 927. The molecule has 140 valence electrons. The molecule has 0 unspecified atom stereocenters. The van der Waals surface area contributed by atoms with Gasteiger partial charge in [0.1, 0.15) is 11.6 Å². The molecule has 1 saturated heterocycles. The maximum Gasteiger partial charge on any atom is 0.224 e. The molecule has 0 saturated carbocycles. The average molecular weight is 420 g/mol. The van der Waals surface area contributed by atoms with Crippen LogP contribution >= 0.6 is 23.2 Å². The van der Waals surface area contributed by atoms with Crippen molar-refractivity contribution in [2.45, 2.75) is 23.6 Å². The number of nitrogens with zero attached hydrogens (tertiary/aromatic N) is 3. The fraction of sp³-hybridized carbons (Fsp3) is 0.375. The van der Waals surface area contributed by atoms with E-state index in [0.29, 0.717) is 31.1 Å². The third-order valence-electron chi connectivity index (χ3n) is 4.05. The zero-order valence-electron chi connectivity index (χ0n) is 13.8. The summed E-state index contributed by atoms with van der Waals surface area (Å²) in [7, 11) is -3.78. The predicted molar refractivity (Wildman–Crippen MR) is 97.0 cm³/mol. The molecule has 0 bridgehead atoms. The van der Waals surface area contributed by atoms with E-state index >= 15 is 0 Å². The summed E-state index contributed by atoms with van der Waals surface area (Å²) in [5, 5.41) is -0.217. The van der Waals surface area contributed by atoms with Crippen molar-refractivity contribution >= 4 is 38.9 Å². The molecule has 26 heavy (non-hydrogen) atoms. The van der Waals surface area contributed by atoms with Gasteiger partial charge in [0.2, 0.25) is 5.28 Å². The summed E-state index contributed by atoms with van der Waals surface area (Å²) in [4.78, 5) is 10.0. The van der Waals surface area contributed by atoms with Crippen LogP contribution in [0.4, 0.5) is 10.2 Å². The van der Waals surface area contributed by atoms with Crippen molar-refractivity contribution in [3.8, 4) is 0 Å². The molecule has 0 aliphatic carbocycles. The van der Waals surface area contributed by atoms with Crippen molar-refractivity contribution in [1.82, 2.24) is 9.97 Å². The van der Waals surface area contributed by atoms with Crippen molar-refractivity contribution in [3.05, 3.63) is 46.1 Å². The summed E-state index contributed by atoms with van der Waals surface area (Å²) in [6, 6.07) is 3.32. The van der Waals surface area contributed by atoms with Crippen molar-refractivity contribution in [2.75, 3.05) is 24.7 Å². The van der Waals surface area contributed by atoms with Gasteiger partial charge in [-0.1, -0.05) is 11.6 Å². The molecular formula is C16H16Cl2FN3O3S. The molecule has 1 atom stereocenters. The molecule has 3 rings (SSSR count). The van der Waals surface area contributed by atoms with Gasteiger partial charge < -0.3 is 9.64 Å². The lowest BCUT2D eigenvalue weighted by atomic mass is 10.2. The minimum Gasteiger partial charge on any atom is -0.377 e. The number of ether oxygens (including phenoxy) is 1. The number of sulfone groups is 1. The lowest BCUT2D eigenvalue weighted by molar-refractivity contribution is 0.0984. The molecule has 0 N–H and O–H groups in total. The second-order valence-electron chi connectivity index (χ2n) is 5.94. The van der Waals surface area contributed by atoms with Gasteiger partial charge in [-0.2, -0.15) is 0 Å². The minimum absolute atomic E-state index is 0.0106. The summed E-state index contributed by atoms with van der Waals surface area (Å²) in [5.74, 6) is -0.577. The number of rotatable bonds is 4. The lowest BCUT2D eigenvalue weighted by Gasteiger charge is -2.35. The highest BCUT2D eigenvalue weighted by Crippen LogP contribution is 2.28. The summed E-state index contributed by atoms with van der Waals surface area (Å²) >= 11 is 11.6. The molecule has 2 aromatic rings. The number of hydrogen-bond donors (Lipinski definition) is 0. The highest BCUT2D eigenvalue weighted by atomic mass is 35.5. The first-order valence-corrected chi connectivity index (χ1v) is 10.2. The van der Waals surface area contributed by atoms with Gasteiger partial charge in [0.15, 0.2) is 9.84 Å². The number of hydrogen-bond acceptors (Lipinski definition) is 6. The Morgan fingerprint density at radius 2 is 2.15 bits per heavy atom. The minimum atomic E-state index is -3.78. The Labute approximate surface area is 160 Å². The highest BCUT2D eigenvalue weighted by Gasteiger charge is 2.26. The van der Waals surface area contributed by atoms with Gasteiger partial charge in [-0.05, 0) is 36.7 Å². The van der Waals surface area contributed by atoms with E-state index < -0.39 is 15.7 Å². The normalized spacial score (nSPS) is 18.2.